The fourth-order valence-corrected chi connectivity index (χ4v) is 1.58. The van der Waals surface area contributed by atoms with Crippen molar-refractivity contribution in [2.45, 2.75) is 20.3 Å². The van der Waals surface area contributed by atoms with Crippen molar-refractivity contribution in [1.82, 2.24) is 15.1 Å². The molecular formula is C11H13N5O3. The van der Waals surface area contributed by atoms with E-state index in [1.807, 2.05) is 0 Å². The van der Waals surface area contributed by atoms with Gasteiger partial charge >= 0.3 is 0 Å². The number of rotatable bonds is 5. The van der Waals surface area contributed by atoms with Crippen molar-refractivity contribution in [3.8, 4) is 0 Å². The monoisotopic (exact) mass is 263 g/mol. The summed E-state index contributed by atoms with van der Waals surface area (Å²) in [6.45, 7) is 3.99. The molecule has 0 saturated heterocycles. The van der Waals surface area contributed by atoms with Crippen LogP contribution in [-0.2, 0) is 6.42 Å². The van der Waals surface area contributed by atoms with Crippen molar-refractivity contribution >= 4 is 11.5 Å². The minimum atomic E-state index is -0.451. The summed E-state index contributed by atoms with van der Waals surface area (Å²) in [5, 5.41) is 17.4. The van der Waals surface area contributed by atoms with E-state index in [9.17, 15) is 10.1 Å². The maximum atomic E-state index is 10.7. The Labute approximate surface area is 109 Å². The zero-order valence-electron chi connectivity index (χ0n) is 10.6. The number of nitro groups is 1. The Bertz CT molecular complexity index is 596. The lowest BCUT2D eigenvalue weighted by Crippen LogP contribution is -2.07. The molecule has 0 radical (unpaired) electrons. The lowest BCUT2D eigenvalue weighted by molar-refractivity contribution is -0.385. The van der Waals surface area contributed by atoms with Crippen LogP contribution in [0.1, 0.15) is 17.3 Å². The molecule has 2 aromatic rings. The molecule has 0 unspecified atom stereocenters. The van der Waals surface area contributed by atoms with Crippen molar-refractivity contribution in [2.75, 3.05) is 11.9 Å². The van der Waals surface area contributed by atoms with E-state index >= 15 is 0 Å². The van der Waals surface area contributed by atoms with Crippen molar-refractivity contribution < 1.29 is 9.45 Å². The zero-order valence-corrected chi connectivity index (χ0v) is 10.6. The van der Waals surface area contributed by atoms with E-state index in [0.29, 0.717) is 36.1 Å². The van der Waals surface area contributed by atoms with E-state index in [-0.39, 0.29) is 5.69 Å². The molecular weight excluding hydrogens is 250 g/mol. The third-order valence-electron chi connectivity index (χ3n) is 2.49. The number of hydrogen-bond donors (Lipinski definition) is 1. The first-order valence-corrected chi connectivity index (χ1v) is 5.70. The molecule has 0 atom stereocenters. The molecule has 0 saturated carbocycles. The van der Waals surface area contributed by atoms with Crippen LogP contribution in [0.15, 0.2) is 16.8 Å². The largest absolute Gasteiger partial charge is 0.370 e. The molecule has 8 nitrogen and oxygen atoms in total. The first-order valence-electron chi connectivity index (χ1n) is 5.70. The standard InChI is InChI=1S/C11H13N5O3/c1-7-5-10(13-6-9(7)16(17)18)12-4-3-11-14-8(2)15-19-11/h5-6H,3-4H2,1-2H3,(H,12,13). The highest BCUT2D eigenvalue weighted by molar-refractivity contribution is 5.46. The van der Waals surface area contributed by atoms with Crippen LogP contribution < -0.4 is 5.32 Å². The highest BCUT2D eigenvalue weighted by atomic mass is 16.6. The van der Waals surface area contributed by atoms with E-state index in [0.717, 1.165) is 0 Å². The Kier molecular flexibility index (Phi) is 3.69. The number of nitrogens with zero attached hydrogens (tertiary/aromatic N) is 4. The van der Waals surface area contributed by atoms with E-state index in [2.05, 4.69) is 20.4 Å². The minimum absolute atomic E-state index is 0.0121. The van der Waals surface area contributed by atoms with Crippen LogP contribution in [0.4, 0.5) is 11.5 Å². The Morgan fingerprint density at radius 1 is 1.47 bits per heavy atom. The number of pyridine rings is 1. The van der Waals surface area contributed by atoms with Crippen LogP contribution >= 0.6 is 0 Å². The molecule has 0 aliphatic carbocycles. The van der Waals surface area contributed by atoms with Crippen LogP contribution in [0.3, 0.4) is 0 Å². The van der Waals surface area contributed by atoms with Crippen molar-refractivity contribution in [3.05, 3.63) is 39.7 Å². The molecule has 0 aromatic carbocycles. The molecule has 0 amide bonds. The summed E-state index contributed by atoms with van der Waals surface area (Å²) >= 11 is 0. The van der Waals surface area contributed by atoms with Gasteiger partial charge in [0, 0.05) is 18.5 Å². The summed E-state index contributed by atoms with van der Waals surface area (Å²) in [6.07, 6.45) is 1.81. The van der Waals surface area contributed by atoms with Crippen LogP contribution in [-0.4, -0.2) is 26.6 Å². The van der Waals surface area contributed by atoms with Gasteiger partial charge in [-0.3, -0.25) is 10.1 Å². The third kappa shape index (κ3) is 3.24. The molecule has 0 aliphatic rings. The first-order chi connectivity index (χ1) is 9.06. The van der Waals surface area contributed by atoms with E-state index < -0.39 is 4.92 Å². The van der Waals surface area contributed by atoms with Crippen LogP contribution in [0.25, 0.3) is 0 Å². The summed E-state index contributed by atoms with van der Waals surface area (Å²) in [6, 6.07) is 1.64. The normalized spacial score (nSPS) is 10.4. The third-order valence-corrected chi connectivity index (χ3v) is 2.49. The number of aryl methyl sites for hydroxylation is 2. The Morgan fingerprint density at radius 2 is 2.26 bits per heavy atom. The summed E-state index contributed by atoms with van der Waals surface area (Å²) in [7, 11) is 0. The van der Waals surface area contributed by atoms with Crippen molar-refractivity contribution in [2.24, 2.45) is 0 Å². The smallest absolute Gasteiger partial charge is 0.290 e. The van der Waals surface area contributed by atoms with Gasteiger partial charge in [0.15, 0.2) is 5.82 Å². The summed E-state index contributed by atoms with van der Waals surface area (Å²) in [5.41, 5.74) is 0.578. The highest BCUT2D eigenvalue weighted by Gasteiger charge is 2.11. The SMILES string of the molecule is Cc1noc(CCNc2cc(C)c([N+](=O)[O-])cn2)n1. The average molecular weight is 263 g/mol. The molecule has 0 spiro atoms. The van der Waals surface area contributed by atoms with Gasteiger partial charge in [-0.1, -0.05) is 5.16 Å². The van der Waals surface area contributed by atoms with E-state index in [1.165, 1.54) is 6.20 Å². The van der Waals surface area contributed by atoms with Gasteiger partial charge in [0.25, 0.3) is 5.69 Å². The van der Waals surface area contributed by atoms with Gasteiger partial charge in [0.2, 0.25) is 5.89 Å². The van der Waals surface area contributed by atoms with Gasteiger partial charge in [0.05, 0.1) is 4.92 Å². The van der Waals surface area contributed by atoms with Gasteiger partial charge in [-0.25, -0.2) is 4.98 Å². The molecule has 2 rings (SSSR count). The molecule has 100 valence electrons. The lowest BCUT2D eigenvalue weighted by atomic mass is 10.2. The maximum Gasteiger partial charge on any atom is 0.290 e. The number of anilines is 1. The van der Waals surface area contributed by atoms with Crippen molar-refractivity contribution in [1.29, 1.82) is 0 Å². The Hall–Kier alpha value is -2.51. The molecule has 0 fully saturated rings. The topological polar surface area (TPSA) is 107 Å². The maximum absolute atomic E-state index is 10.7. The van der Waals surface area contributed by atoms with Crippen molar-refractivity contribution in [3.63, 3.8) is 0 Å². The summed E-state index contributed by atoms with van der Waals surface area (Å²) in [4.78, 5) is 18.2. The number of aromatic nitrogens is 3. The lowest BCUT2D eigenvalue weighted by Gasteiger charge is -2.04. The fourth-order valence-electron chi connectivity index (χ4n) is 1.58. The predicted octanol–water partition coefficient (Wildman–Crippen LogP) is 1.64. The van der Waals surface area contributed by atoms with Crippen LogP contribution in [0.5, 0.6) is 0 Å². The van der Waals surface area contributed by atoms with Crippen LogP contribution in [0.2, 0.25) is 0 Å². The first kappa shape index (κ1) is 12.9. The summed E-state index contributed by atoms with van der Waals surface area (Å²) in [5.74, 6) is 1.72. The number of nitrogens with one attached hydrogen (secondary N) is 1. The Morgan fingerprint density at radius 3 is 2.84 bits per heavy atom. The molecule has 2 heterocycles. The second-order valence-electron chi connectivity index (χ2n) is 4.03. The highest BCUT2D eigenvalue weighted by Crippen LogP contribution is 2.18. The molecule has 1 N–H and O–H groups in total. The molecule has 0 bridgehead atoms. The zero-order chi connectivity index (χ0) is 13.8. The molecule has 0 aliphatic heterocycles. The minimum Gasteiger partial charge on any atom is -0.370 e. The molecule has 2 aromatic heterocycles. The average Bonchev–Trinajstić information content (AvgIpc) is 2.75. The predicted molar refractivity (Wildman–Crippen MR) is 66.9 cm³/mol. The second-order valence-corrected chi connectivity index (χ2v) is 4.03. The summed E-state index contributed by atoms with van der Waals surface area (Å²) < 4.78 is 4.97. The quantitative estimate of drug-likeness (QED) is 0.645. The Balaban J connectivity index is 1.93. The van der Waals surface area contributed by atoms with E-state index in [4.69, 9.17) is 4.52 Å². The van der Waals surface area contributed by atoms with E-state index in [1.54, 1.807) is 19.9 Å². The molecule has 19 heavy (non-hydrogen) atoms. The van der Waals surface area contributed by atoms with Crippen LogP contribution in [0, 0.1) is 24.0 Å². The van der Waals surface area contributed by atoms with Gasteiger partial charge in [0.1, 0.15) is 12.0 Å². The van der Waals surface area contributed by atoms with Gasteiger partial charge in [-0.15, -0.1) is 0 Å². The fraction of sp³-hybridized carbons (Fsp3) is 0.364. The van der Waals surface area contributed by atoms with Gasteiger partial charge in [-0.2, -0.15) is 4.98 Å². The number of hydrogen-bond acceptors (Lipinski definition) is 7. The second kappa shape index (κ2) is 5.42. The van der Waals surface area contributed by atoms with Gasteiger partial charge in [-0.05, 0) is 19.9 Å². The molecule has 8 heteroatoms. The van der Waals surface area contributed by atoms with Gasteiger partial charge < -0.3 is 9.84 Å².